The van der Waals surface area contributed by atoms with E-state index in [-0.39, 0.29) is 22.0 Å². The minimum atomic E-state index is -0.871. The van der Waals surface area contributed by atoms with Crippen LogP contribution >= 0.6 is 11.6 Å². The molecule has 1 N–H and O–H groups in total. The van der Waals surface area contributed by atoms with Gasteiger partial charge in [0.15, 0.2) is 18.2 Å². The second kappa shape index (κ2) is 7.74. The topological polar surface area (TPSA) is 64.6 Å². The van der Waals surface area contributed by atoms with Crippen LogP contribution in [0.25, 0.3) is 0 Å². The molecule has 24 heavy (non-hydrogen) atoms. The Morgan fingerprint density at radius 3 is 2.50 bits per heavy atom. The summed E-state index contributed by atoms with van der Waals surface area (Å²) in [7, 11) is 1.29. The molecule has 0 saturated carbocycles. The molecule has 1 amide bonds. The van der Waals surface area contributed by atoms with Crippen LogP contribution in [0.15, 0.2) is 36.4 Å². The highest BCUT2D eigenvalue weighted by molar-refractivity contribution is 6.31. The van der Waals surface area contributed by atoms with E-state index in [1.54, 1.807) is 0 Å². The summed E-state index contributed by atoms with van der Waals surface area (Å²) in [6.07, 6.45) is 0. The van der Waals surface area contributed by atoms with Gasteiger partial charge in [-0.1, -0.05) is 11.6 Å². The van der Waals surface area contributed by atoms with Gasteiger partial charge in [-0.25, -0.2) is 13.6 Å². The van der Waals surface area contributed by atoms with Crippen molar-refractivity contribution in [3.05, 3.63) is 58.6 Å². The predicted octanol–water partition coefficient (Wildman–Crippen LogP) is 3.42. The Labute approximate surface area is 141 Å². The number of halogens is 3. The molecular formula is C16H12ClF2NO4. The molecule has 8 heteroatoms. The normalized spacial score (nSPS) is 10.2. The van der Waals surface area contributed by atoms with Crippen LogP contribution in [0.1, 0.15) is 10.4 Å². The van der Waals surface area contributed by atoms with Crippen molar-refractivity contribution >= 4 is 29.2 Å². The number of carbonyl (C=O) groups is 2. The standard InChI is InChI=1S/C16H12ClF2NO4/c1-23-14-5-2-9(6-13(14)19)16(22)24-8-15(21)20-10-3-4-12(18)11(17)7-10/h2-7H,8H2,1H3,(H,20,21). The second-order valence-electron chi connectivity index (χ2n) is 4.60. The Morgan fingerprint density at radius 1 is 1.12 bits per heavy atom. The number of hydrogen-bond acceptors (Lipinski definition) is 4. The predicted molar refractivity (Wildman–Crippen MR) is 83.3 cm³/mol. The first-order chi connectivity index (χ1) is 11.4. The SMILES string of the molecule is COc1ccc(C(=O)OCC(=O)Nc2ccc(F)c(Cl)c2)cc1F. The highest BCUT2D eigenvalue weighted by atomic mass is 35.5. The van der Waals surface area contributed by atoms with Crippen molar-refractivity contribution in [2.45, 2.75) is 0 Å². The number of benzene rings is 2. The molecule has 0 aliphatic carbocycles. The van der Waals surface area contributed by atoms with Gasteiger partial charge in [-0.05, 0) is 36.4 Å². The zero-order valence-electron chi connectivity index (χ0n) is 12.4. The molecule has 0 radical (unpaired) electrons. The Bertz CT molecular complexity index is 783. The first-order valence-electron chi connectivity index (χ1n) is 6.66. The third-order valence-corrected chi connectivity index (χ3v) is 3.21. The molecule has 0 atom stereocenters. The molecule has 0 bridgehead atoms. The largest absolute Gasteiger partial charge is 0.494 e. The first kappa shape index (κ1) is 17.7. The Hall–Kier alpha value is -2.67. The molecule has 2 aromatic carbocycles. The molecule has 0 spiro atoms. The smallest absolute Gasteiger partial charge is 0.338 e. The van der Waals surface area contributed by atoms with Crippen LogP contribution < -0.4 is 10.1 Å². The maximum absolute atomic E-state index is 13.5. The zero-order valence-corrected chi connectivity index (χ0v) is 13.2. The molecule has 126 valence electrons. The van der Waals surface area contributed by atoms with E-state index in [4.69, 9.17) is 21.1 Å². The van der Waals surface area contributed by atoms with Gasteiger partial charge in [0.25, 0.3) is 5.91 Å². The van der Waals surface area contributed by atoms with Gasteiger partial charge in [-0.2, -0.15) is 0 Å². The van der Waals surface area contributed by atoms with Crippen molar-refractivity contribution in [3.8, 4) is 5.75 Å². The quantitative estimate of drug-likeness (QED) is 0.835. The third-order valence-electron chi connectivity index (χ3n) is 2.93. The molecule has 0 heterocycles. The van der Waals surface area contributed by atoms with E-state index in [0.717, 1.165) is 12.1 Å². The molecule has 0 aliphatic heterocycles. The van der Waals surface area contributed by atoms with Crippen molar-refractivity contribution in [2.75, 3.05) is 19.0 Å². The minimum absolute atomic E-state index is 0.0162. The maximum Gasteiger partial charge on any atom is 0.338 e. The Balaban J connectivity index is 1.92. The molecule has 2 rings (SSSR count). The number of hydrogen-bond donors (Lipinski definition) is 1. The lowest BCUT2D eigenvalue weighted by Gasteiger charge is -2.08. The lowest BCUT2D eigenvalue weighted by atomic mass is 10.2. The van der Waals surface area contributed by atoms with Gasteiger partial charge in [0.1, 0.15) is 5.82 Å². The number of ether oxygens (including phenoxy) is 2. The molecule has 0 unspecified atom stereocenters. The maximum atomic E-state index is 13.5. The number of nitrogens with one attached hydrogen (secondary N) is 1. The fraction of sp³-hybridized carbons (Fsp3) is 0.125. The minimum Gasteiger partial charge on any atom is -0.494 e. The second-order valence-corrected chi connectivity index (χ2v) is 5.01. The van der Waals surface area contributed by atoms with E-state index >= 15 is 0 Å². The van der Waals surface area contributed by atoms with Crippen molar-refractivity contribution in [2.24, 2.45) is 0 Å². The molecule has 0 aromatic heterocycles. The average Bonchev–Trinajstić information content (AvgIpc) is 2.56. The highest BCUT2D eigenvalue weighted by Gasteiger charge is 2.13. The van der Waals surface area contributed by atoms with E-state index < -0.39 is 30.1 Å². The number of rotatable bonds is 5. The number of esters is 1. The van der Waals surface area contributed by atoms with Gasteiger partial charge in [-0.15, -0.1) is 0 Å². The van der Waals surface area contributed by atoms with E-state index in [0.29, 0.717) is 0 Å². The molecule has 0 fully saturated rings. The summed E-state index contributed by atoms with van der Waals surface area (Å²) in [6.45, 7) is -0.596. The van der Waals surface area contributed by atoms with E-state index in [2.05, 4.69) is 5.32 Å². The van der Waals surface area contributed by atoms with Crippen molar-refractivity contribution in [1.29, 1.82) is 0 Å². The zero-order chi connectivity index (χ0) is 17.7. The average molecular weight is 356 g/mol. The van der Waals surface area contributed by atoms with Crippen molar-refractivity contribution in [1.82, 2.24) is 0 Å². The van der Waals surface area contributed by atoms with Crippen LogP contribution in [-0.2, 0) is 9.53 Å². The number of anilines is 1. The summed E-state index contributed by atoms with van der Waals surface area (Å²) >= 11 is 5.59. The Morgan fingerprint density at radius 2 is 1.88 bits per heavy atom. The molecule has 2 aromatic rings. The van der Waals surface area contributed by atoms with Crippen LogP contribution in [0, 0.1) is 11.6 Å². The number of amides is 1. The van der Waals surface area contributed by atoms with Gasteiger partial charge in [0, 0.05) is 5.69 Å². The van der Waals surface area contributed by atoms with Gasteiger partial charge < -0.3 is 14.8 Å². The summed E-state index contributed by atoms with van der Waals surface area (Å²) < 4.78 is 36.0. The fourth-order valence-corrected chi connectivity index (χ4v) is 1.96. The van der Waals surface area contributed by atoms with Crippen molar-refractivity contribution < 1.29 is 27.8 Å². The van der Waals surface area contributed by atoms with Crippen molar-refractivity contribution in [3.63, 3.8) is 0 Å². The lowest BCUT2D eigenvalue weighted by molar-refractivity contribution is -0.119. The fourth-order valence-electron chi connectivity index (χ4n) is 1.78. The summed E-state index contributed by atoms with van der Waals surface area (Å²) in [5, 5.41) is 2.23. The van der Waals surface area contributed by atoms with Crippen LogP contribution in [0.5, 0.6) is 5.75 Å². The van der Waals surface area contributed by atoms with Crippen LogP contribution in [0.3, 0.4) is 0 Å². The third kappa shape index (κ3) is 4.42. The first-order valence-corrected chi connectivity index (χ1v) is 7.04. The number of carbonyl (C=O) groups excluding carboxylic acids is 2. The summed E-state index contributed by atoms with van der Waals surface area (Å²) in [6, 6.07) is 7.13. The molecule has 5 nitrogen and oxygen atoms in total. The number of methoxy groups -OCH3 is 1. The Kier molecular flexibility index (Phi) is 5.70. The van der Waals surface area contributed by atoms with Crippen LogP contribution in [0.4, 0.5) is 14.5 Å². The van der Waals surface area contributed by atoms with Crippen LogP contribution in [0.2, 0.25) is 5.02 Å². The molecule has 0 aliphatic rings. The summed E-state index contributed by atoms with van der Waals surface area (Å²) in [4.78, 5) is 23.5. The molecule has 0 saturated heterocycles. The van der Waals surface area contributed by atoms with Gasteiger partial charge >= 0.3 is 5.97 Å². The molecular weight excluding hydrogens is 344 g/mol. The lowest BCUT2D eigenvalue weighted by Crippen LogP contribution is -2.21. The van der Waals surface area contributed by atoms with Crippen LogP contribution in [-0.4, -0.2) is 25.6 Å². The van der Waals surface area contributed by atoms with Gasteiger partial charge in [0.2, 0.25) is 0 Å². The summed E-state index contributed by atoms with van der Waals surface area (Å²) in [5.41, 5.74) is 0.184. The van der Waals surface area contributed by atoms with E-state index in [1.807, 2.05) is 0 Å². The van der Waals surface area contributed by atoms with E-state index in [1.165, 1.54) is 31.4 Å². The monoisotopic (exact) mass is 355 g/mol. The summed E-state index contributed by atoms with van der Waals surface area (Å²) in [5.74, 6) is -2.89. The highest BCUT2D eigenvalue weighted by Crippen LogP contribution is 2.20. The van der Waals surface area contributed by atoms with Gasteiger partial charge in [0.05, 0.1) is 17.7 Å². The van der Waals surface area contributed by atoms with Gasteiger partial charge in [-0.3, -0.25) is 4.79 Å². The van der Waals surface area contributed by atoms with E-state index in [9.17, 15) is 18.4 Å².